The molecule has 0 radical (unpaired) electrons. The molecule has 6 unspecified atom stereocenters. The molecule has 0 aromatic rings. The molecular formula is C46H85O12P. The second kappa shape index (κ2) is 37.1. The molecule has 1 rings (SSSR count). The molecule has 1 saturated carbocycles. The summed E-state index contributed by atoms with van der Waals surface area (Å²) in [5, 5.41) is 50.2. The van der Waals surface area contributed by atoms with E-state index in [4.69, 9.17) is 18.5 Å². The topological polar surface area (TPSA) is 192 Å². The number of esters is 1. The fourth-order valence-corrected chi connectivity index (χ4v) is 7.94. The number of aliphatic hydroxyl groups excluding tert-OH is 5. The lowest BCUT2D eigenvalue weighted by molar-refractivity contribution is -0.220. The van der Waals surface area contributed by atoms with E-state index in [0.717, 1.165) is 77.0 Å². The molecule has 13 heteroatoms. The van der Waals surface area contributed by atoms with Gasteiger partial charge in [-0.1, -0.05) is 147 Å². The molecule has 1 fully saturated rings. The normalized spacial score (nSPS) is 22.8. The molecule has 0 aliphatic heterocycles. The van der Waals surface area contributed by atoms with E-state index in [0.29, 0.717) is 13.0 Å². The van der Waals surface area contributed by atoms with Gasteiger partial charge >= 0.3 is 13.8 Å². The Morgan fingerprint density at radius 3 is 1.47 bits per heavy atom. The number of aliphatic hydroxyl groups is 5. The van der Waals surface area contributed by atoms with E-state index in [1.807, 2.05) is 0 Å². The third-order valence-electron chi connectivity index (χ3n) is 10.7. The first-order valence-corrected chi connectivity index (χ1v) is 24.8. The Labute approximate surface area is 357 Å². The van der Waals surface area contributed by atoms with Gasteiger partial charge in [-0.15, -0.1) is 0 Å². The highest BCUT2D eigenvalue weighted by Crippen LogP contribution is 2.47. The van der Waals surface area contributed by atoms with Crippen LogP contribution < -0.4 is 0 Å². The summed E-state index contributed by atoms with van der Waals surface area (Å²) in [6.07, 6.45) is 30.6. The van der Waals surface area contributed by atoms with Crippen LogP contribution in [0.3, 0.4) is 0 Å². The third-order valence-corrected chi connectivity index (χ3v) is 11.7. The van der Waals surface area contributed by atoms with Crippen molar-refractivity contribution in [3.05, 3.63) is 36.5 Å². The first kappa shape index (κ1) is 55.6. The summed E-state index contributed by atoms with van der Waals surface area (Å²) in [5.41, 5.74) is 0. The van der Waals surface area contributed by atoms with Crippen LogP contribution in [0.5, 0.6) is 0 Å². The quantitative estimate of drug-likeness (QED) is 0.0149. The van der Waals surface area contributed by atoms with Crippen LogP contribution in [0.25, 0.3) is 0 Å². The Balaban J connectivity index is 2.40. The van der Waals surface area contributed by atoms with Gasteiger partial charge in [0, 0.05) is 13.0 Å². The fraction of sp³-hybridized carbons (Fsp3) is 0.848. The minimum absolute atomic E-state index is 0.0833. The Bertz CT molecular complexity index is 1120. The first-order valence-electron chi connectivity index (χ1n) is 23.3. The minimum atomic E-state index is -5.02. The SMILES string of the molecule is CCCCC/C=C\C/C=C\CCCCCCCCCCOCC(COP(=O)(O)OC1C(O)C(O)C(O)C(O)C1O)OC(=O)CCCCCCC/C=C\CCCCCCC. The standard InChI is InChI=1S/C46H85O12P/c1-3-5-7-9-11-13-15-17-19-20-21-22-24-26-28-30-32-34-36-55-37-39(38-56-59(53,54)58-46-44(51)42(49)41(48)43(50)45(46)52)57-40(47)35-33-31-29-27-25-23-18-16-14-12-10-8-6-4-2/h11,13,16-19,39,41-46,48-52H,3-10,12,14-15,20-38H2,1-2H3,(H,53,54)/b13-11-,18-16-,19-17-. The number of ether oxygens (including phenoxy) is 2. The van der Waals surface area contributed by atoms with Gasteiger partial charge in [-0.2, -0.15) is 0 Å². The molecule has 0 bridgehead atoms. The third kappa shape index (κ3) is 29.5. The predicted octanol–water partition coefficient (Wildman–Crippen LogP) is 9.48. The molecule has 6 atom stereocenters. The van der Waals surface area contributed by atoms with Crippen molar-refractivity contribution in [3.8, 4) is 0 Å². The number of phosphoric acid groups is 1. The summed E-state index contributed by atoms with van der Waals surface area (Å²) in [5.74, 6) is -0.488. The Morgan fingerprint density at radius 1 is 0.542 bits per heavy atom. The molecule has 346 valence electrons. The highest BCUT2D eigenvalue weighted by molar-refractivity contribution is 7.47. The summed E-state index contributed by atoms with van der Waals surface area (Å²) in [6.45, 7) is 4.20. The monoisotopic (exact) mass is 861 g/mol. The van der Waals surface area contributed by atoms with Gasteiger partial charge in [-0.25, -0.2) is 4.57 Å². The number of allylic oxidation sites excluding steroid dienone is 6. The van der Waals surface area contributed by atoms with Crippen molar-refractivity contribution in [2.75, 3.05) is 19.8 Å². The van der Waals surface area contributed by atoms with Gasteiger partial charge < -0.3 is 39.9 Å². The second-order valence-electron chi connectivity index (χ2n) is 16.2. The number of rotatable bonds is 39. The van der Waals surface area contributed by atoms with Crippen LogP contribution in [0.4, 0.5) is 0 Å². The van der Waals surface area contributed by atoms with Gasteiger partial charge in [0.05, 0.1) is 13.2 Å². The maximum absolute atomic E-state index is 12.8. The van der Waals surface area contributed by atoms with E-state index in [1.54, 1.807) is 0 Å². The molecule has 1 aliphatic rings. The molecule has 0 spiro atoms. The number of unbranched alkanes of at least 4 members (excludes halogenated alkanes) is 21. The lowest BCUT2D eigenvalue weighted by Crippen LogP contribution is -2.64. The molecule has 0 aromatic heterocycles. The van der Waals surface area contributed by atoms with Gasteiger partial charge in [0.1, 0.15) is 42.7 Å². The van der Waals surface area contributed by atoms with Crippen molar-refractivity contribution < 1.29 is 58.3 Å². The number of carbonyl (C=O) groups is 1. The number of hydrogen-bond acceptors (Lipinski definition) is 11. The molecular weight excluding hydrogens is 775 g/mol. The first-order chi connectivity index (χ1) is 28.5. The largest absolute Gasteiger partial charge is 0.472 e. The average molecular weight is 861 g/mol. The molecule has 1 aliphatic carbocycles. The van der Waals surface area contributed by atoms with Crippen LogP contribution in [-0.2, 0) is 27.9 Å². The average Bonchev–Trinajstić information content (AvgIpc) is 3.22. The van der Waals surface area contributed by atoms with Crippen LogP contribution in [0.2, 0.25) is 0 Å². The fourth-order valence-electron chi connectivity index (χ4n) is 6.97. The summed E-state index contributed by atoms with van der Waals surface area (Å²) >= 11 is 0. The minimum Gasteiger partial charge on any atom is -0.457 e. The van der Waals surface area contributed by atoms with E-state index in [9.17, 15) is 39.8 Å². The van der Waals surface area contributed by atoms with E-state index in [-0.39, 0.29) is 13.0 Å². The zero-order valence-corrected chi connectivity index (χ0v) is 37.7. The van der Waals surface area contributed by atoms with E-state index >= 15 is 0 Å². The number of carbonyl (C=O) groups excluding carboxylic acids is 1. The lowest BCUT2D eigenvalue weighted by atomic mass is 9.85. The Kier molecular flexibility index (Phi) is 35.0. The predicted molar refractivity (Wildman–Crippen MR) is 235 cm³/mol. The highest BCUT2D eigenvalue weighted by atomic mass is 31.2. The van der Waals surface area contributed by atoms with Crippen molar-refractivity contribution >= 4 is 13.8 Å². The Hall–Kier alpha value is -1.44. The summed E-state index contributed by atoms with van der Waals surface area (Å²) in [7, 11) is -5.02. The smallest absolute Gasteiger partial charge is 0.457 e. The second-order valence-corrected chi connectivity index (χ2v) is 17.7. The van der Waals surface area contributed by atoms with Gasteiger partial charge in [0.2, 0.25) is 0 Å². The number of hydrogen-bond donors (Lipinski definition) is 6. The zero-order chi connectivity index (χ0) is 43.4. The maximum Gasteiger partial charge on any atom is 0.472 e. The van der Waals surface area contributed by atoms with E-state index in [2.05, 4.69) is 50.3 Å². The van der Waals surface area contributed by atoms with Crippen molar-refractivity contribution in [2.45, 2.75) is 230 Å². The highest BCUT2D eigenvalue weighted by Gasteiger charge is 2.51. The van der Waals surface area contributed by atoms with Crippen molar-refractivity contribution in [1.82, 2.24) is 0 Å². The molecule has 0 aromatic carbocycles. The number of phosphoric ester groups is 1. The molecule has 6 N–H and O–H groups in total. The summed E-state index contributed by atoms with van der Waals surface area (Å²) in [4.78, 5) is 23.1. The van der Waals surface area contributed by atoms with Crippen LogP contribution >= 0.6 is 7.82 Å². The molecule has 0 saturated heterocycles. The van der Waals surface area contributed by atoms with E-state index < -0.39 is 63.1 Å². The van der Waals surface area contributed by atoms with Crippen LogP contribution in [-0.4, -0.2) is 98.9 Å². The van der Waals surface area contributed by atoms with Crippen LogP contribution in [0, 0.1) is 0 Å². The summed E-state index contributed by atoms with van der Waals surface area (Å²) < 4.78 is 34.2. The van der Waals surface area contributed by atoms with Gasteiger partial charge in [0.15, 0.2) is 0 Å². The molecule has 59 heavy (non-hydrogen) atoms. The molecule has 12 nitrogen and oxygen atoms in total. The van der Waals surface area contributed by atoms with Crippen LogP contribution in [0.15, 0.2) is 36.5 Å². The van der Waals surface area contributed by atoms with Gasteiger partial charge in [-0.05, 0) is 70.6 Å². The van der Waals surface area contributed by atoms with Crippen molar-refractivity contribution in [1.29, 1.82) is 0 Å². The van der Waals surface area contributed by atoms with Crippen molar-refractivity contribution in [2.24, 2.45) is 0 Å². The molecule has 0 heterocycles. The van der Waals surface area contributed by atoms with Crippen molar-refractivity contribution in [3.63, 3.8) is 0 Å². The lowest BCUT2D eigenvalue weighted by Gasteiger charge is -2.41. The summed E-state index contributed by atoms with van der Waals surface area (Å²) in [6, 6.07) is 0. The van der Waals surface area contributed by atoms with Crippen LogP contribution in [0.1, 0.15) is 187 Å². The molecule has 0 amide bonds. The zero-order valence-electron chi connectivity index (χ0n) is 36.8. The Morgan fingerprint density at radius 2 is 0.949 bits per heavy atom. The van der Waals surface area contributed by atoms with Gasteiger partial charge in [-0.3, -0.25) is 13.8 Å². The van der Waals surface area contributed by atoms with E-state index in [1.165, 1.54) is 83.5 Å². The maximum atomic E-state index is 12.8. The van der Waals surface area contributed by atoms with Gasteiger partial charge in [0.25, 0.3) is 0 Å².